The van der Waals surface area contributed by atoms with Gasteiger partial charge in [-0.1, -0.05) is 49.1 Å². The lowest BCUT2D eigenvalue weighted by molar-refractivity contribution is -0.137. The largest absolute Gasteiger partial charge is 0.497 e. The summed E-state index contributed by atoms with van der Waals surface area (Å²) in [5.74, 6) is -1.03. The molecule has 0 fully saturated rings. The van der Waals surface area contributed by atoms with Gasteiger partial charge in [0.15, 0.2) is 11.6 Å². The Morgan fingerprint density at radius 2 is 1.61 bits per heavy atom. The van der Waals surface area contributed by atoms with Crippen LogP contribution in [0.1, 0.15) is 27.8 Å². The van der Waals surface area contributed by atoms with Crippen LogP contribution >= 0.6 is 0 Å². The van der Waals surface area contributed by atoms with Crippen LogP contribution in [0.25, 0.3) is 5.57 Å². The molecule has 0 aromatic heterocycles. The zero-order valence-corrected chi connectivity index (χ0v) is 22.8. The Kier molecular flexibility index (Phi) is 8.81. The van der Waals surface area contributed by atoms with Crippen LogP contribution < -0.4 is 15.0 Å². The standard InChI is InChI=1S/C33H29F5N2O/c1-5-6-7-10-31-26(27-16-21(2)22(3)17-28(27)33(36,37)38)9-8-15-40(31)24-18-29(34)32(30(35)19-24)39-20-23-11-13-25(41-4)14-12-23/h5-19,39H,1,20H2,2-4H3/b7-6+,31-10-. The van der Waals surface area contributed by atoms with Crippen molar-refractivity contribution in [1.29, 1.82) is 0 Å². The summed E-state index contributed by atoms with van der Waals surface area (Å²) in [6.07, 6.45) is 6.35. The van der Waals surface area contributed by atoms with Crippen molar-refractivity contribution in [3.05, 3.63) is 143 Å². The molecule has 1 heterocycles. The van der Waals surface area contributed by atoms with Gasteiger partial charge >= 0.3 is 6.18 Å². The lowest BCUT2D eigenvalue weighted by Crippen LogP contribution is -2.21. The summed E-state index contributed by atoms with van der Waals surface area (Å²) in [6, 6.07) is 11.9. The monoisotopic (exact) mass is 564 g/mol. The number of allylic oxidation sites excluding steroid dienone is 7. The predicted octanol–water partition coefficient (Wildman–Crippen LogP) is 9.26. The number of rotatable bonds is 8. The summed E-state index contributed by atoms with van der Waals surface area (Å²) in [5, 5.41) is 2.79. The number of anilines is 2. The van der Waals surface area contributed by atoms with E-state index in [0.29, 0.717) is 22.6 Å². The molecule has 3 aromatic carbocycles. The number of nitrogens with zero attached hydrogens (tertiary/aromatic N) is 1. The SMILES string of the molecule is C=C/C=C/C=C1/C(c2cc(C)c(C)cc2C(F)(F)F)=CC=CN1c1cc(F)c(NCc2ccc(OC)cc2)c(F)c1. The smallest absolute Gasteiger partial charge is 0.417 e. The second-order valence-corrected chi connectivity index (χ2v) is 9.43. The molecule has 0 aliphatic carbocycles. The molecular weight excluding hydrogens is 535 g/mol. The molecule has 8 heteroatoms. The summed E-state index contributed by atoms with van der Waals surface area (Å²) in [6.45, 7) is 7.15. The third-order valence-electron chi connectivity index (χ3n) is 6.70. The highest BCUT2D eigenvalue weighted by Gasteiger charge is 2.36. The molecule has 3 nitrogen and oxygen atoms in total. The average molecular weight is 565 g/mol. The summed E-state index contributed by atoms with van der Waals surface area (Å²) in [5.41, 5.74) is 1.48. The van der Waals surface area contributed by atoms with Crippen LogP contribution in [0.2, 0.25) is 0 Å². The van der Waals surface area contributed by atoms with Crippen LogP contribution in [0.3, 0.4) is 0 Å². The first-order valence-corrected chi connectivity index (χ1v) is 12.8. The van der Waals surface area contributed by atoms with Crippen molar-refractivity contribution in [2.45, 2.75) is 26.6 Å². The molecule has 0 amide bonds. The number of nitrogens with one attached hydrogen (secondary N) is 1. The van der Waals surface area contributed by atoms with Crippen molar-refractivity contribution in [2.24, 2.45) is 0 Å². The maximum atomic E-state index is 15.3. The molecule has 4 rings (SSSR count). The van der Waals surface area contributed by atoms with Gasteiger partial charge in [-0.25, -0.2) is 8.78 Å². The van der Waals surface area contributed by atoms with Crippen LogP contribution in [-0.2, 0) is 12.7 Å². The van der Waals surface area contributed by atoms with E-state index in [1.54, 1.807) is 81.8 Å². The minimum absolute atomic E-state index is 0.0353. The van der Waals surface area contributed by atoms with Gasteiger partial charge in [0.05, 0.1) is 24.1 Å². The number of methoxy groups -OCH3 is 1. The van der Waals surface area contributed by atoms with Crippen LogP contribution in [-0.4, -0.2) is 7.11 Å². The Balaban J connectivity index is 1.73. The van der Waals surface area contributed by atoms with E-state index in [-0.39, 0.29) is 29.1 Å². The van der Waals surface area contributed by atoms with Gasteiger partial charge in [-0.15, -0.1) is 0 Å². The van der Waals surface area contributed by atoms with E-state index in [0.717, 1.165) is 23.8 Å². The molecule has 3 aromatic rings. The Labute approximate surface area is 236 Å². The highest BCUT2D eigenvalue weighted by Crippen LogP contribution is 2.42. The molecule has 1 aliphatic rings. The highest BCUT2D eigenvalue weighted by atomic mass is 19.4. The van der Waals surface area contributed by atoms with Gasteiger partial charge in [-0.2, -0.15) is 13.2 Å². The molecule has 0 saturated heterocycles. The van der Waals surface area contributed by atoms with E-state index in [1.165, 1.54) is 17.0 Å². The second kappa shape index (κ2) is 12.3. The van der Waals surface area contributed by atoms with E-state index in [4.69, 9.17) is 4.74 Å². The number of ether oxygens (including phenoxy) is 1. The topological polar surface area (TPSA) is 24.5 Å². The van der Waals surface area contributed by atoms with Gasteiger partial charge in [0, 0.05) is 30.5 Å². The Morgan fingerprint density at radius 3 is 2.22 bits per heavy atom. The first-order chi connectivity index (χ1) is 19.5. The summed E-state index contributed by atoms with van der Waals surface area (Å²) >= 11 is 0. The minimum atomic E-state index is -4.61. The van der Waals surface area contributed by atoms with Crippen LogP contribution in [0.4, 0.5) is 33.3 Å². The molecule has 41 heavy (non-hydrogen) atoms. The summed E-state index contributed by atoms with van der Waals surface area (Å²) in [4.78, 5) is 1.46. The minimum Gasteiger partial charge on any atom is -0.497 e. The zero-order chi connectivity index (χ0) is 29.7. The molecule has 1 N–H and O–H groups in total. The quantitative estimate of drug-likeness (QED) is 0.218. The van der Waals surface area contributed by atoms with Gasteiger partial charge < -0.3 is 15.0 Å². The molecule has 0 radical (unpaired) electrons. The molecule has 1 aliphatic heterocycles. The molecule has 0 bridgehead atoms. The van der Waals surface area contributed by atoms with Crippen molar-refractivity contribution in [3.63, 3.8) is 0 Å². The zero-order valence-electron chi connectivity index (χ0n) is 22.8. The first-order valence-electron chi connectivity index (χ1n) is 12.8. The van der Waals surface area contributed by atoms with Crippen molar-refractivity contribution < 1.29 is 26.7 Å². The van der Waals surface area contributed by atoms with Gasteiger partial charge in [-0.05, 0) is 66.5 Å². The fourth-order valence-electron chi connectivity index (χ4n) is 4.44. The first kappa shape index (κ1) is 29.4. The van der Waals surface area contributed by atoms with Crippen molar-refractivity contribution in [1.82, 2.24) is 0 Å². The van der Waals surface area contributed by atoms with E-state index < -0.39 is 23.4 Å². The van der Waals surface area contributed by atoms with Crippen LogP contribution in [0, 0.1) is 25.5 Å². The Bertz CT molecular complexity index is 1540. The fraction of sp³-hybridized carbons (Fsp3) is 0.152. The van der Waals surface area contributed by atoms with Gasteiger partial charge in [-0.3, -0.25) is 0 Å². The van der Waals surface area contributed by atoms with E-state index in [2.05, 4.69) is 11.9 Å². The number of alkyl halides is 3. The summed E-state index contributed by atoms with van der Waals surface area (Å²) < 4.78 is 78.1. The van der Waals surface area contributed by atoms with E-state index in [1.807, 2.05) is 0 Å². The van der Waals surface area contributed by atoms with Crippen molar-refractivity contribution >= 4 is 16.9 Å². The number of halogens is 5. The maximum absolute atomic E-state index is 15.3. The maximum Gasteiger partial charge on any atom is 0.417 e. The Morgan fingerprint density at radius 1 is 0.951 bits per heavy atom. The number of hydrogen-bond donors (Lipinski definition) is 1. The predicted molar refractivity (Wildman–Crippen MR) is 155 cm³/mol. The third kappa shape index (κ3) is 6.60. The van der Waals surface area contributed by atoms with E-state index in [9.17, 15) is 13.2 Å². The molecule has 0 spiro atoms. The van der Waals surface area contributed by atoms with Crippen molar-refractivity contribution in [2.75, 3.05) is 17.3 Å². The van der Waals surface area contributed by atoms with Crippen LogP contribution in [0.5, 0.6) is 5.75 Å². The number of aryl methyl sites for hydroxylation is 2. The number of hydrogen-bond acceptors (Lipinski definition) is 3. The molecule has 0 saturated carbocycles. The number of benzene rings is 3. The van der Waals surface area contributed by atoms with Crippen LogP contribution in [0.15, 0.2) is 103 Å². The van der Waals surface area contributed by atoms with Gasteiger partial charge in [0.1, 0.15) is 11.4 Å². The average Bonchev–Trinajstić information content (AvgIpc) is 2.93. The summed E-state index contributed by atoms with van der Waals surface area (Å²) in [7, 11) is 1.54. The lowest BCUT2D eigenvalue weighted by atomic mass is 9.90. The lowest BCUT2D eigenvalue weighted by Gasteiger charge is -2.30. The van der Waals surface area contributed by atoms with E-state index >= 15 is 8.78 Å². The molecule has 212 valence electrons. The molecule has 0 unspecified atom stereocenters. The molecular formula is C33H29F5N2O. The highest BCUT2D eigenvalue weighted by molar-refractivity contribution is 5.89. The Hall–Kier alpha value is -4.59. The second-order valence-electron chi connectivity index (χ2n) is 9.43. The normalized spacial score (nSPS) is 14.5. The van der Waals surface area contributed by atoms with Gasteiger partial charge in [0.25, 0.3) is 0 Å². The van der Waals surface area contributed by atoms with Gasteiger partial charge in [0.2, 0.25) is 0 Å². The fourth-order valence-corrected chi connectivity index (χ4v) is 4.44. The molecule has 0 atom stereocenters. The third-order valence-corrected chi connectivity index (χ3v) is 6.70. The van der Waals surface area contributed by atoms with Crippen molar-refractivity contribution in [3.8, 4) is 5.75 Å².